The van der Waals surface area contributed by atoms with Gasteiger partial charge in [0.1, 0.15) is 5.82 Å². The number of para-hydroxylation sites is 1. The van der Waals surface area contributed by atoms with Gasteiger partial charge in [-0.25, -0.2) is 9.37 Å². The van der Waals surface area contributed by atoms with Gasteiger partial charge in [-0.1, -0.05) is 36.4 Å². The summed E-state index contributed by atoms with van der Waals surface area (Å²) >= 11 is 0. The van der Waals surface area contributed by atoms with Gasteiger partial charge in [0.15, 0.2) is 0 Å². The molecule has 0 spiro atoms. The maximum Gasteiger partial charge on any atom is 0.215 e. The molecule has 106 valence electrons. The lowest BCUT2D eigenvalue weighted by molar-refractivity contribution is 0.588. The summed E-state index contributed by atoms with van der Waals surface area (Å²) in [6.07, 6.45) is 0. The number of pyridine rings is 1. The van der Waals surface area contributed by atoms with Gasteiger partial charge in [0.25, 0.3) is 0 Å². The van der Waals surface area contributed by atoms with Crippen LogP contribution in [0.4, 0.5) is 14.5 Å². The number of rotatable bonds is 3. The quantitative estimate of drug-likeness (QED) is 0.706. The zero-order valence-electron chi connectivity index (χ0n) is 11.5. The first-order valence-electron chi connectivity index (χ1n) is 6.71. The van der Waals surface area contributed by atoms with E-state index in [2.05, 4.69) is 10.3 Å². The van der Waals surface area contributed by atoms with Crippen molar-refractivity contribution in [1.29, 1.82) is 0 Å². The molecule has 0 saturated heterocycles. The number of nitrogens with one attached hydrogen (secondary N) is 1. The van der Waals surface area contributed by atoms with E-state index in [9.17, 15) is 8.78 Å². The Hall–Kier alpha value is -2.49. The third-order valence-corrected chi connectivity index (χ3v) is 3.43. The van der Waals surface area contributed by atoms with Crippen molar-refractivity contribution in [1.82, 2.24) is 4.98 Å². The fourth-order valence-electron chi connectivity index (χ4n) is 2.40. The normalized spacial score (nSPS) is 12.3. The third kappa shape index (κ3) is 2.70. The van der Waals surface area contributed by atoms with Crippen molar-refractivity contribution >= 4 is 16.6 Å². The smallest absolute Gasteiger partial charge is 0.215 e. The minimum Gasteiger partial charge on any atom is -0.378 e. The van der Waals surface area contributed by atoms with E-state index < -0.39 is 5.95 Å². The summed E-state index contributed by atoms with van der Waals surface area (Å²) in [5.74, 6) is -0.840. The molecular formula is C17H14F2N2. The lowest BCUT2D eigenvalue weighted by Gasteiger charge is -2.17. The van der Waals surface area contributed by atoms with Crippen molar-refractivity contribution in [2.75, 3.05) is 5.32 Å². The van der Waals surface area contributed by atoms with E-state index in [4.69, 9.17) is 0 Å². The molecule has 0 amide bonds. The molecule has 1 unspecified atom stereocenters. The molecular weight excluding hydrogens is 270 g/mol. The predicted octanol–water partition coefficient (Wildman–Crippen LogP) is 4.69. The molecule has 1 aromatic heterocycles. The highest BCUT2D eigenvalue weighted by Crippen LogP contribution is 2.27. The number of fused-ring (bicyclic) bond motifs is 1. The molecule has 3 aromatic rings. The van der Waals surface area contributed by atoms with Gasteiger partial charge in [0.05, 0.1) is 11.6 Å². The van der Waals surface area contributed by atoms with E-state index in [0.29, 0.717) is 16.8 Å². The van der Waals surface area contributed by atoms with Crippen LogP contribution in [-0.2, 0) is 0 Å². The second-order valence-electron chi connectivity index (χ2n) is 4.90. The Labute approximate surface area is 121 Å². The Morgan fingerprint density at radius 3 is 2.52 bits per heavy atom. The third-order valence-electron chi connectivity index (χ3n) is 3.43. The molecule has 2 nitrogen and oxygen atoms in total. The molecule has 0 radical (unpaired) electrons. The number of hydrogen-bond acceptors (Lipinski definition) is 2. The van der Waals surface area contributed by atoms with Crippen LogP contribution in [0, 0.1) is 11.8 Å². The minimum atomic E-state index is -0.558. The molecule has 1 heterocycles. The van der Waals surface area contributed by atoms with Crippen LogP contribution in [0.3, 0.4) is 0 Å². The van der Waals surface area contributed by atoms with Gasteiger partial charge in [-0.05, 0) is 19.1 Å². The Bertz CT molecular complexity index is 787. The summed E-state index contributed by atoms with van der Waals surface area (Å²) < 4.78 is 27.4. The second-order valence-corrected chi connectivity index (χ2v) is 4.90. The van der Waals surface area contributed by atoms with Gasteiger partial charge in [-0.2, -0.15) is 4.39 Å². The van der Waals surface area contributed by atoms with Gasteiger partial charge >= 0.3 is 0 Å². The van der Waals surface area contributed by atoms with E-state index in [-0.39, 0.29) is 11.9 Å². The van der Waals surface area contributed by atoms with Crippen LogP contribution in [0.25, 0.3) is 10.9 Å². The Kier molecular flexibility index (Phi) is 3.52. The van der Waals surface area contributed by atoms with Crippen molar-refractivity contribution in [2.24, 2.45) is 0 Å². The SMILES string of the molecule is CC(Nc1cc(F)nc2ccccc12)c1ccccc1F. The first-order valence-corrected chi connectivity index (χ1v) is 6.71. The maximum atomic E-state index is 13.8. The standard InChI is InChI=1S/C17H14F2N2/c1-11(12-6-2-4-8-14(12)18)20-16-10-17(19)21-15-9-5-3-7-13(15)16/h2-11H,1H3,(H,20,21). The summed E-state index contributed by atoms with van der Waals surface area (Å²) in [6, 6.07) is 14.9. The van der Waals surface area contributed by atoms with E-state index in [1.54, 1.807) is 30.3 Å². The van der Waals surface area contributed by atoms with Crippen molar-refractivity contribution in [2.45, 2.75) is 13.0 Å². The molecule has 0 saturated carbocycles. The summed E-state index contributed by atoms with van der Waals surface area (Å²) in [7, 11) is 0. The van der Waals surface area contributed by atoms with Gasteiger partial charge in [-0.3, -0.25) is 0 Å². The number of benzene rings is 2. The van der Waals surface area contributed by atoms with Crippen molar-refractivity contribution in [3.63, 3.8) is 0 Å². The number of aromatic nitrogens is 1. The Balaban J connectivity index is 2.00. The van der Waals surface area contributed by atoms with E-state index in [1.165, 1.54) is 12.1 Å². The van der Waals surface area contributed by atoms with Crippen LogP contribution in [0.5, 0.6) is 0 Å². The lowest BCUT2D eigenvalue weighted by Crippen LogP contribution is -2.09. The van der Waals surface area contributed by atoms with Crippen LogP contribution >= 0.6 is 0 Å². The highest BCUT2D eigenvalue weighted by atomic mass is 19.1. The zero-order valence-corrected chi connectivity index (χ0v) is 11.5. The first-order chi connectivity index (χ1) is 10.1. The highest BCUT2D eigenvalue weighted by molar-refractivity contribution is 5.91. The predicted molar refractivity (Wildman–Crippen MR) is 80.1 cm³/mol. The minimum absolute atomic E-state index is 0.281. The molecule has 0 aliphatic rings. The topological polar surface area (TPSA) is 24.9 Å². The van der Waals surface area contributed by atoms with Gasteiger partial charge in [0, 0.05) is 22.7 Å². The maximum absolute atomic E-state index is 13.8. The van der Waals surface area contributed by atoms with Crippen LogP contribution in [0.15, 0.2) is 54.6 Å². The van der Waals surface area contributed by atoms with Crippen molar-refractivity contribution < 1.29 is 8.78 Å². The second kappa shape index (κ2) is 5.48. The number of anilines is 1. The van der Waals surface area contributed by atoms with Crippen LogP contribution in [0.1, 0.15) is 18.5 Å². The average molecular weight is 284 g/mol. The molecule has 0 aliphatic heterocycles. The molecule has 2 aromatic carbocycles. The van der Waals surface area contributed by atoms with Crippen LogP contribution in [-0.4, -0.2) is 4.98 Å². The highest BCUT2D eigenvalue weighted by Gasteiger charge is 2.12. The van der Waals surface area contributed by atoms with Crippen molar-refractivity contribution in [3.8, 4) is 0 Å². The van der Waals surface area contributed by atoms with Crippen LogP contribution in [0.2, 0.25) is 0 Å². The summed E-state index contributed by atoms with van der Waals surface area (Å²) in [5, 5.41) is 3.97. The van der Waals surface area contributed by atoms with E-state index in [1.807, 2.05) is 19.1 Å². The molecule has 1 atom stereocenters. The lowest BCUT2D eigenvalue weighted by atomic mass is 10.1. The van der Waals surface area contributed by atoms with Gasteiger partial charge in [0.2, 0.25) is 5.95 Å². The molecule has 4 heteroatoms. The molecule has 21 heavy (non-hydrogen) atoms. The van der Waals surface area contributed by atoms with Crippen molar-refractivity contribution in [3.05, 3.63) is 71.9 Å². The summed E-state index contributed by atoms with van der Waals surface area (Å²) in [6.45, 7) is 1.84. The Morgan fingerprint density at radius 1 is 1.00 bits per heavy atom. The molecule has 0 fully saturated rings. The fraction of sp³-hybridized carbons (Fsp3) is 0.118. The summed E-state index contributed by atoms with van der Waals surface area (Å²) in [5.41, 5.74) is 1.72. The van der Waals surface area contributed by atoms with E-state index >= 15 is 0 Å². The number of hydrogen-bond donors (Lipinski definition) is 1. The number of halogens is 2. The first kappa shape index (κ1) is 13.5. The van der Waals surface area contributed by atoms with Gasteiger partial charge < -0.3 is 5.32 Å². The zero-order chi connectivity index (χ0) is 14.8. The van der Waals surface area contributed by atoms with E-state index in [0.717, 1.165) is 5.39 Å². The van der Waals surface area contributed by atoms with Crippen LogP contribution < -0.4 is 5.32 Å². The molecule has 0 bridgehead atoms. The van der Waals surface area contributed by atoms with Gasteiger partial charge in [-0.15, -0.1) is 0 Å². The fourth-order valence-corrected chi connectivity index (χ4v) is 2.40. The largest absolute Gasteiger partial charge is 0.378 e. The average Bonchev–Trinajstić information content (AvgIpc) is 2.47. The summed E-state index contributed by atoms with van der Waals surface area (Å²) in [4.78, 5) is 3.85. The monoisotopic (exact) mass is 284 g/mol. The molecule has 0 aliphatic carbocycles. The molecule has 3 rings (SSSR count). The number of nitrogens with zero attached hydrogens (tertiary/aromatic N) is 1. The Morgan fingerprint density at radius 2 is 1.71 bits per heavy atom. The molecule has 1 N–H and O–H groups in total.